The largest absolute Gasteiger partial charge is 0.478 e. The van der Waals surface area contributed by atoms with Crippen molar-refractivity contribution >= 4 is 34.0 Å². The van der Waals surface area contributed by atoms with Gasteiger partial charge in [0.2, 0.25) is 0 Å². The number of carboxylic acid groups (broad SMARTS) is 2. The van der Waals surface area contributed by atoms with Crippen molar-refractivity contribution in [2.45, 2.75) is 12.5 Å². The molecule has 2 aliphatic heterocycles. The van der Waals surface area contributed by atoms with Gasteiger partial charge in [0.15, 0.2) is 0 Å². The molecule has 0 radical (unpaired) electrons. The number of fused-ring (bicyclic) bond motifs is 2. The van der Waals surface area contributed by atoms with E-state index in [0.717, 1.165) is 37.1 Å². The van der Waals surface area contributed by atoms with Crippen LogP contribution in [0.3, 0.4) is 0 Å². The minimum absolute atomic E-state index is 0.219. The number of nitrogens with zero attached hydrogens (tertiary/aromatic N) is 2. The van der Waals surface area contributed by atoms with Gasteiger partial charge in [-0.1, -0.05) is 15.9 Å². The van der Waals surface area contributed by atoms with Crippen LogP contribution >= 0.6 is 15.9 Å². The maximum atomic E-state index is 12.1. The number of carbonyl (C=O) groups is 3. The van der Waals surface area contributed by atoms with Gasteiger partial charge in [-0.25, -0.2) is 14.4 Å². The number of carbonyl (C=O) groups excluding carboxylic acids is 1. The second kappa shape index (κ2) is 9.35. The molecular weight excluding hydrogens is 408 g/mol. The molecule has 26 heavy (non-hydrogen) atoms. The molecule has 140 valence electrons. The first-order valence-corrected chi connectivity index (χ1v) is 8.75. The number of halogens is 1. The highest BCUT2D eigenvalue weighted by Gasteiger charge is 2.35. The molecule has 0 aromatic heterocycles. The Bertz CT molecular complexity index is 675. The van der Waals surface area contributed by atoms with E-state index in [1.165, 1.54) is 0 Å². The van der Waals surface area contributed by atoms with Gasteiger partial charge >= 0.3 is 18.0 Å². The number of hydrogen-bond donors (Lipinski definition) is 2. The van der Waals surface area contributed by atoms with Gasteiger partial charge in [-0.2, -0.15) is 0 Å². The van der Waals surface area contributed by atoms with E-state index in [0.29, 0.717) is 23.9 Å². The maximum Gasteiger partial charge on any atom is 0.415 e. The van der Waals surface area contributed by atoms with Gasteiger partial charge in [-0.15, -0.1) is 0 Å². The first-order valence-electron chi connectivity index (χ1n) is 7.95. The zero-order valence-corrected chi connectivity index (χ0v) is 15.5. The fourth-order valence-corrected chi connectivity index (χ4v) is 3.01. The summed E-state index contributed by atoms with van der Waals surface area (Å²) in [6, 6.07) is 7.67. The highest BCUT2D eigenvalue weighted by atomic mass is 79.9. The Hall–Kier alpha value is -2.39. The van der Waals surface area contributed by atoms with Crippen molar-refractivity contribution in [3.05, 3.63) is 40.9 Å². The Kier molecular flexibility index (Phi) is 7.16. The van der Waals surface area contributed by atoms with Crippen LogP contribution in [0.5, 0.6) is 5.75 Å². The lowest BCUT2D eigenvalue weighted by molar-refractivity contribution is -0.134. The number of piperazine rings is 1. The van der Waals surface area contributed by atoms with Crippen LogP contribution in [0.25, 0.3) is 0 Å². The van der Waals surface area contributed by atoms with Crippen LogP contribution in [0.4, 0.5) is 4.79 Å². The molecule has 2 aliphatic rings. The molecule has 2 heterocycles. The van der Waals surface area contributed by atoms with Crippen LogP contribution in [-0.2, 0) is 9.59 Å². The van der Waals surface area contributed by atoms with Crippen molar-refractivity contribution in [2.24, 2.45) is 0 Å². The number of ether oxygens (including phenoxy) is 1. The first-order chi connectivity index (χ1) is 12.3. The molecule has 0 saturated carbocycles. The summed E-state index contributed by atoms with van der Waals surface area (Å²) in [6.07, 6.45) is 1.96. The quantitative estimate of drug-likeness (QED) is 0.711. The molecule has 2 fully saturated rings. The van der Waals surface area contributed by atoms with E-state index in [9.17, 15) is 14.4 Å². The van der Waals surface area contributed by atoms with Crippen molar-refractivity contribution in [1.29, 1.82) is 0 Å². The van der Waals surface area contributed by atoms with E-state index in [1.807, 2.05) is 17.0 Å². The van der Waals surface area contributed by atoms with Gasteiger partial charge in [-0.05, 0) is 30.7 Å². The highest BCUT2D eigenvalue weighted by Crippen LogP contribution is 2.22. The highest BCUT2D eigenvalue weighted by molar-refractivity contribution is 9.10. The molecule has 9 heteroatoms. The van der Waals surface area contributed by atoms with Crippen molar-refractivity contribution in [2.75, 3.05) is 26.2 Å². The third-order valence-corrected chi connectivity index (χ3v) is 4.50. The van der Waals surface area contributed by atoms with Crippen molar-refractivity contribution in [3.8, 4) is 5.75 Å². The average Bonchev–Trinajstić information content (AvgIpc) is 2.96. The number of benzene rings is 1. The number of rotatable bonds is 3. The molecule has 2 bridgehead atoms. The fraction of sp³-hybridized carbons (Fsp3) is 0.353. The summed E-state index contributed by atoms with van der Waals surface area (Å²) >= 11 is 3.36. The minimum Gasteiger partial charge on any atom is -0.478 e. The Morgan fingerprint density at radius 3 is 2.23 bits per heavy atom. The summed E-state index contributed by atoms with van der Waals surface area (Å²) in [6.45, 7) is 3.84. The molecule has 2 atom stereocenters. The normalized spacial score (nSPS) is 21.0. The lowest BCUT2D eigenvalue weighted by Crippen LogP contribution is -2.50. The summed E-state index contributed by atoms with van der Waals surface area (Å²) in [5, 5.41) is 15.6. The zero-order chi connectivity index (χ0) is 19.1. The smallest absolute Gasteiger partial charge is 0.415 e. The van der Waals surface area contributed by atoms with E-state index in [4.69, 9.17) is 14.9 Å². The Morgan fingerprint density at radius 2 is 1.65 bits per heavy atom. The van der Waals surface area contributed by atoms with E-state index >= 15 is 0 Å². The molecule has 8 nitrogen and oxygen atoms in total. The van der Waals surface area contributed by atoms with Crippen LogP contribution in [0.2, 0.25) is 0 Å². The number of carboxylic acids is 2. The van der Waals surface area contributed by atoms with E-state index < -0.39 is 11.9 Å². The van der Waals surface area contributed by atoms with Crippen molar-refractivity contribution < 1.29 is 29.3 Å². The van der Waals surface area contributed by atoms with Gasteiger partial charge in [-0.3, -0.25) is 4.90 Å². The predicted octanol–water partition coefficient (Wildman–Crippen LogP) is 2.05. The summed E-state index contributed by atoms with van der Waals surface area (Å²) in [5.41, 5.74) is 0. The van der Waals surface area contributed by atoms with E-state index in [2.05, 4.69) is 20.8 Å². The van der Waals surface area contributed by atoms with Crippen LogP contribution in [0, 0.1) is 0 Å². The predicted molar refractivity (Wildman–Crippen MR) is 96.1 cm³/mol. The standard InChI is InChI=1S/C13H15BrN2O2.C4H4O4/c14-10-1-3-12(4-2-10)18-13(17)16-8-7-15-6-5-11(16)9-15;5-3(6)1-2-4(7)8/h1-4,11H,5-9H2;1-2H,(H,5,6)(H,7,8)/b;2-1+. The third-order valence-electron chi connectivity index (χ3n) is 3.97. The molecule has 0 aliphatic carbocycles. The van der Waals surface area contributed by atoms with E-state index in [1.54, 1.807) is 12.1 Å². The third kappa shape index (κ3) is 6.16. The van der Waals surface area contributed by atoms with E-state index in [-0.39, 0.29) is 6.09 Å². The molecule has 2 saturated heterocycles. The lowest BCUT2D eigenvalue weighted by atomic mass is 10.2. The Morgan fingerprint density at radius 1 is 1.04 bits per heavy atom. The molecule has 3 rings (SSSR count). The van der Waals surface area contributed by atoms with Crippen molar-refractivity contribution in [3.63, 3.8) is 0 Å². The molecule has 0 spiro atoms. The van der Waals surface area contributed by atoms with Crippen molar-refractivity contribution in [1.82, 2.24) is 9.80 Å². The van der Waals surface area contributed by atoms with Crippen LogP contribution in [0.15, 0.2) is 40.9 Å². The maximum absolute atomic E-state index is 12.1. The lowest BCUT2D eigenvalue weighted by Gasteiger charge is -2.33. The van der Waals surface area contributed by atoms with Gasteiger partial charge < -0.3 is 19.8 Å². The van der Waals surface area contributed by atoms with Crippen LogP contribution < -0.4 is 4.74 Å². The summed E-state index contributed by atoms with van der Waals surface area (Å²) in [7, 11) is 0. The summed E-state index contributed by atoms with van der Waals surface area (Å²) < 4.78 is 6.39. The first kappa shape index (κ1) is 19.9. The minimum atomic E-state index is -1.26. The van der Waals surface area contributed by atoms with Crippen LogP contribution in [0.1, 0.15) is 6.42 Å². The van der Waals surface area contributed by atoms with Crippen LogP contribution in [-0.4, -0.2) is 70.3 Å². The Balaban J connectivity index is 0.000000260. The number of hydrogen-bond acceptors (Lipinski definition) is 5. The van der Waals surface area contributed by atoms with Gasteiger partial charge in [0.05, 0.1) is 0 Å². The average molecular weight is 427 g/mol. The SMILES string of the molecule is O=C(O)/C=C/C(=O)O.O=C(Oc1ccc(Br)cc1)N1CCN2CCC1C2. The topological polar surface area (TPSA) is 107 Å². The second-order valence-electron chi connectivity index (χ2n) is 5.77. The molecular formula is C17H19BrN2O6. The summed E-state index contributed by atoms with van der Waals surface area (Å²) in [5.74, 6) is -1.91. The number of amides is 1. The zero-order valence-electron chi connectivity index (χ0n) is 13.9. The molecule has 1 aromatic carbocycles. The second-order valence-corrected chi connectivity index (χ2v) is 6.68. The Labute approximate surface area is 158 Å². The number of aliphatic carboxylic acids is 2. The fourth-order valence-electron chi connectivity index (χ4n) is 2.75. The molecule has 2 unspecified atom stereocenters. The molecule has 1 aromatic rings. The van der Waals surface area contributed by atoms with Gasteiger partial charge in [0.25, 0.3) is 0 Å². The van der Waals surface area contributed by atoms with Gasteiger partial charge in [0, 0.05) is 48.8 Å². The molecule has 1 amide bonds. The summed E-state index contributed by atoms with van der Waals surface area (Å²) in [4.78, 5) is 35.5. The van der Waals surface area contributed by atoms with Gasteiger partial charge in [0.1, 0.15) is 5.75 Å². The monoisotopic (exact) mass is 426 g/mol. The molecule has 2 N–H and O–H groups in total.